The summed E-state index contributed by atoms with van der Waals surface area (Å²) in [5, 5.41) is 0. The van der Waals surface area contributed by atoms with E-state index in [-0.39, 0.29) is 11.8 Å². The average Bonchev–Trinajstić information content (AvgIpc) is 2.26. The van der Waals surface area contributed by atoms with Gasteiger partial charge in [0.25, 0.3) is 0 Å². The van der Waals surface area contributed by atoms with E-state index >= 15 is 0 Å². The standard InChI is InChI=1S/C11H15F3N2O2/c1-6(15)4-8-9(17-2)5-7(11(12,13)14)10(16-8)18-3/h5-6H,4,15H2,1-3H3. The third-order valence-electron chi connectivity index (χ3n) is 2.26. The highest BCUT2D eigenvalue weighted by Crippen LogP contribution is 2.38. The Balaban J connectivity index is 3.32. The zero-order valence-electron chi connectivity index (χ0n) is 10.3. The van der Waals surface area contributed by atoms with E-state index in [4.69, 9.17) is 10.5 Å². The maximum Gasteiger partial charge on any atom is 0.421 e. The van der Waals surface area contributed by atoms with Crippen molar-refractivity contribution in [3.8, 4) is 11.6 Å². The SMILES string of the molecule is COc1cc(C(F)(F)F)c(OC)nc1CC(C)N. The van der Waals surface area contributed by atoms with Gasteiger partial charge >= 0.3 is 6.18 Å². The second-order valence-electron chi connectivity index (χ2n) is 3.87. The summed E-state index contributed by atoms with van der Waals surface area (Å²) in [5.41, 5.74) is 4.99. The summed E-state index contributed by atoms with van der Waals surface area (Å²) < 4.78 is 47.8. The molecule has 2 N–H and O–H groups in total. The quantitative estimate of drug-likeness (QED) is 0.903. The van der Waals surface area contributed by atoms with Gasteiger partial charge in [-0.25, -0.2) is 4.98 Å². The summed E-state index contributed by atoms with van der Waals surface area (Å²) in [6.45, 7) is 1.73. The van der Waals surface area contributed by atoms with Crippen LogP contribution in [0, 0.1) is 0 Å². The number of ether oxygens (including phenoxy) is 2. The van der Waals surface area contributed by atoms with Crippen LogP contribution in [0.2, 0.25) is 0 Å². The summed E-state index contributed by atoms with van der Waals surface area (Å²) in [4.78, 5) is 3.82. The minimum atomic E-state index is -4.54. The molecule has 1 aromatic rings. The number of rotatable bonds is 4. The van der Waals surface area contributed by atoms with Crippen molar-refractivity contribution in [3.05, 3.63) is 17.3 Å². The molecular weight excluding hydrogens is 249 g/mol. The molecule has 0 aliphatic carbocycles. The van der Waals surface area contributed by atoms with E-state index in [1.54, 1.807) is 6.92 Å². The van der Waals surface area contributed by atoms with E-state index in [1.165, 1.54) is 7.11 Å². The summed E-state index contributed by atoms with van der Waals surface area (Å²) >= 11 is 0. The van der Waals surface area contributed by atoms with Crippen molar-refractivity contribution in [2.24, 2.45) is 5.73 Å². The van der Waals surface area contributed by atoms with Crippen molar-refractivity contribution in [2.75, 3.05) is 14.2 Å². The molecule has 1 unspecified atom stereocenters. The molecule has 0 fully saturated rings. The minimum Gasteiger partial charge on any atom is -0.495 e. The highest BCUT2D eigenvalue weighted by atomic mass is 19.4. The third-order valence-corrected chi connectivity index (χ3v) is 2.26. The van der Waals surface area contributed by atoms with E-state index in [9.17, 15) is 13.2 Å². The van der Waals surface area contributed by atoms with Gasteiger partial charge in [0.2, 0.25) is 5.88 Å². The molecule has 0 spiro atoms. The second kappa shape index (κ2) is 5.43. The Bertz CT molecular complexity index is 419. The monoisotopic (exact) mass is 264 g/mol. The second-order valence-corrected chi connectivity index (χ2v) is 3.87. The number of aromatic nitrogens is 1. The van der Waals surface area contributed by atoms with Gasteiger partial charge in [0.05, 0.1) is 19.9 Å². The molecule has 0 saturated carbocycles. The van der Waals surface area contributed by atoms with Crippen LogP contribution in [0.1, 0.15) is 18.2 Å². The van der Waals surface area contributed by atoms with Crippen LogP contribution in [0.15, 0.2) is 6.07 Å². The maximum atomic E-state index is 12.7. The van der Waals surface area contributed by atoms with Gasteiger partial charge < -0.3 is 15.2 Å². The molecule has 1 atom stereocenters. The Morgan fingerprint density at radius 2 is 1.94 bits per heavy atom. The fraction of sp³-hybridized carbons (Fsp3) is 0.545. The van der Waals surface area contributed by atoms with E-state index in [0.29, 0.717) is 12.1 Å². The summed E-state index contributed by atoms with van der Waals surface area (Å²) in [7, 11) is 2.42. The molecular formula is C11H15F3N2O2. The molecule has 7 heteroatoms. The highest BCUT2D eigenvalue weighted by molar-refractivity contribution is 5.40. The van der Waals surface area contributed by atoms with Crippen LogP contribution in [0.5, 0.6) is 11.6 Å². The Kier molecular flexibility index (Phi) is 4.39. The largest absolute Gasteiger partial charge is 0.495 e. The normalized spacial score (nSPS) is 13.3. The van der Waals surface area contributed by atoms with Gasteiger partial charge in [0.1, 0.15) is 11.3 Å². The number of nitrogens with zero attached hydrogens (tertiary/aromatic N) is 1. The van der Waals surface area contributed by atoms with E-state index in [1.807, 2.05) is 0 Å². The molecule has 1 rings (SSSR count). The van der Waals surface area contributed by atoms with Gasteiger partial charge in [-0.2, -0.15) is 13.2 Å². The number of pyridine rings is 1. The lowest BCUT2D eigenvalue weighted by Gasteiger charge is -2.16. The van der Waals surface area contributed by atoms with Crippen molar-refractivity contribution in [3.63, 3.8) is 0 Å². The highest BCUT2D eigenvalue weighted by Gasteiger charge is 2.36. The summed E-state index contributed by atoms with van der Waals surface area (Å²) in [6.07, 6.45) is -4.24. The van der Waals surface area contributed by atoms with Crippen LogP contribution in [-0.4, -0.2) is 25.2 Å². The number of hydrogen-bond acceptors (Lipinski definition) is 4. The van der Waals surface area contributed by atoms with Crippen molar-refractivity contribution in [2.45, 2.75) is 25.6 Å². The van der Waals surface area contributed by atoms with Crippen molar-refractivity contribution < 1.29 is 22.6 Å². The Morgan fingerprint density at radius 1 is 1.33 bits per heavy atom. The third kappa shape index (κ3) is 3.25. The van der Waals surface area contributed by atoms with Gasteiger partial charge in [0, 0.05) is 12.5 Å². The molecule has 18 heavy (non-hydrogen) atoms. The molecule has 1 heterocycles. The topological polar surface area (TPSA) is 57.4 Å². The van der Waals surface area contributed by atoms with Gasteiger partial charge in [0.15, 0.2) is 0 Å². The number of methoxy groups -OCH3 is 2. The molecule has 0 aromatic carbocycles. The summed E-state index contributed by atoms with van der Waals surface area (Å²) in [5.74, 6) is -0.417. The lowest BCUT2D eigenvalue weighted by Crippen LogP contribution is -2.20. The first-order chi connectivity index (χ1) is 8.29. The molecule has 4 nitrogen and oxygen atoms in total. The van der Waals surface area contributed by atoms with Crippen molar-refractivity contribution >= 4 is 0 Å². The van der Waals surface area contributed by atoms with E-state index < -0.39 is 17.6 Å². The molecule has 0 amide bonds. The lowest BCUT2D eigenvalue weighted by atomic mass is 10.1. The molecule has 0 saturated heterocycles. The number of halogens is 3. The van der Waals surface area contributed by atoms with Crippen LogP contribution >= 0.6 is 0 Å². The van der Waals surface area contributed by atoms with Crippen molar-refractivity contribution in [1.29, 1.82) is 0 Å². The predicted octanol–water partition coefficient (Wildman–Crippen LogP) is 2.01. The number of nitrogens with two attached hydrogens (primary N) is 1. The fourth-order valence-electron chi connectivity index (χ4n) is 1.50. The van der Waals surface area contributed by atoms with Crippen LogP contribution in [0.3, 0.4) is 0 Å². The average molecular weight is 264 g/mol. The number of alkyl halides is 3. The molecule has 1 aromatic heterocycles. The molecule has 0 radical (unpaired) electrons. The van der Waals surface area contributed by atoms with E-state index in [2.05, 4.69) is 9.72 Å². The maximum absolute atomic E-state index is 12.7. The Morgan fingerprint density at radius 3 is 2.33 bits per heavy atom. The van der Waals surface area contributed by atoms with Crippen LogP contribution in [0.4, 0.5) is 13.2 Å². The lowest BCUT2D eigenvalue weighted by molar-refractivity contribution is -0.139. The van der Waals surface area contributed by atoms with Crippen LogP contribution < -0.4 is 15.2 Å². The summed E-state index contributed by atoms with van der Waals surface area (Å²) in [6, 6.07) is 0.636. The smallest absolute Gasteiger partial charge is 0.421 e. The minimum absolute atomic E-state index is 0.0559. The van der Waals surface area contributed by atoms with Gasteiger partial charge in [-0.3, -0.25) is 0 Å². The molecule has 0 aliphatic rings. The van der Waals surface area contributed by atoms with Gasteiger partial charge in [-0.1, -0.05) is 0 Å². The molecule has 102 valence electrons. The van der Waals surface area contributed by atoms with Crippen molar-refractivity contribution in [1.82, 2.24) is 4.98 Å². The predicted molar refractivity (Wildman–Crippen MR) is 59.7 cm³/mol. The van der Waals surface area contributed by atoms with Crippen LogP contribution in [0.25, 0.3) is 0 Å². The molecule has 0 aliphatic heterocycles. The molecule has 0 bridgehead atoms. The first kappa shape index (κ1) is 14.6. The van der Waals surface area contributed by atoms with Gasteiger partial charge in [-0.05, 0) is 13.0 Å². The zero-order chi connectivity index (χ0) is 13.9. The Labute approximate surface area is 103 Å². The van der Waals surface area contributed by atoms with E-state index in [0.717, 1.165) is 13.2 Å². The zero-order valence-corrected chi connectivity index (χ0v) is 10.3. The first-order valence-corrected chi connectivity index (χ1v) is 5.24. The van der Waals surface area contributed by atoms with Crippen LogP contribution in [-0.2, 0) is 12.6 Å². The fourth-order valence-corrected chi connectivity index (χ4v) is 1.50. The Hall–Kier alpha value is -1.50. The first-order valence-electron chi connectivity index (χ1n) is 5.24. The van der Waals surface area contributed by atoms with Gasteiger partial charge in [-0.15, -0.1) is 0 Å². The number of hydrogen-bond donors (Lipinski definition) is 1.